The smallest absolute Gasteiger partial charge is 0.136 e. The van der Waals surface area contributed by atoms with Gasteiger partial charge in [-0.05, 0) is 24.8 Å². The Kier molecular flexibility index (Phi) is 3.59. The molecular weight excluding hydrogens is 200 g/mol. The van der Waals surface area contributed by atoms with E-state index >= 15 is 0 Å². The number of hydrogen-bond donors (Lipinski definition) is 0. The van der Waals surface area contributed by atoms with Gasteiger partial charge in [-0.1, -0.05) is 38.7 Å². The van der Waals surface area contributed by atoms with E-state index in [0.717, 1.165) is 6.42 Å². The molecule has 1 aliphatic rings. The number of carbonyl (C=O) groups is 1. The summed E-state index contributed by atoms with van der Waals surface area (Å²) in [5.41, 5.74) is 1.83. The fraction of sp³-hybridized carbons (Fsp3) is 0.769. The summed E-state index contributed by atoms with van der Waals surface area (Å²) in [5, 5.41) is 0. The van der Waals surface area contributed by atoms with Gasteiger partial charge in [0, 0.05) is 20.4 Å². The molecule has 0 unspecified atom stereocenters. The average Bonchev–Trinajstić information content (AvgIpc) is 2.06. The van der Waals surface area contributed by atoms with Crippen LogP contribution in [0.2, 0.25) is 25.2 Å². The fourth-order valence-electron chi connectivity index (χ4n) is 2.73. The standard InChI is InChI=1S/C13H24OSi/c1-9(2)11-7-12(14)10(3)13(8-11)15(4,5)6/h10-11,13H,1,7-8H2,2-6H3/t10-,11+,13-/m0/s1. The predicted octanol–water partition coefficient (Wildman–Crippen LogP) is 3.89. The van der Waals surface area contributed by atoms with Crippen molar-refractivity contribution in [2.24, 2.45) is 11.8 Å². The van der Waals surface area contributed by atoms with Gasteiger partial charge in [0.2, 0.25) is 0 Å². The summed E-state index contributed by atoms with van der Waals surface area (Å²) in [5.74, 6) is 1.19. The van der Waals surface area contributed by atoms with E-state index in [4.69, 9.17) is 0 Å². The topological polar surface area (TPSA) is 17.1 Å². The van der Waals surface area contributed by atoms with Crippen molar-refractivity contribution >= 4 is 13.9 Å². The van der Waals surface area contributed by atoms with Crippen molar-refractivity contribution < 1.29 is 4.79 Å². The van der Waals surface area contributed by atoms with E-state index in [1.165, 1.54) is 12.0 Å². The molecule has 1 fully saturated rings. The normalized spacial score (nSPS) is 32.9. The predicted molar refractivity (Wildman–Crippen MR) is 68.8 cm³/mol. The van der Waals surface area contributed by atoms with E-state index in [2.05, 4.69) is 40.1 Å². The second kappa shape index (κ2) is 4.24. The lowest BCUT2D eigenvalue weighted by molar-refractivity contribution is -0.125. The highest BCUT2D eigenvalue weighted by atomic mass is 28.3. The molecule has 0 aromatic rings. The van der Waals surface area contributed by atoms with Crippen molar-refractivity contribution in [3.05, 3.63) is 12.2 Å². The lowest BCUT2D eigenvalue weighted by Gasteiger charge is -2.40. The number of Topliss-reactive ketones (excluding diaryl/α,β-unsaturated/α-hetero) is 1. The highest BCUT2D eigenvalue weighted by molar-refractivity contribution is 6.77. The molecule has 3 atom stereocenters. The Bertz CT molecular complexity index is 275. The quantitative estimate of drug-likeness (QED) is 0.514. The Balaban J connectivity index is 2.87. The molecular formula is C13H24OSi. The zero-order valence-electron chi connectivity index (χ0n) is 10.8. The molecule has 0 heterocycles. The Morgan fingerprint density at radius 3 is 2.33 bits per heavy atom. The minimum Gasteiger partial charge on any atom is -0.299 e. The van der Waals surface area contributed by atoms with E-state index in [1.807, 2.05) is 0 Å². The summed E-state index contributed by atoms with van der Waals surface area (Å²) in [6.45, 7) is 15.3. The van der Waals surface area contributed by atoms with Gasteiger partial charge in [0.1, 0.15) is 5.78 Å². The van der Waals surface area contributed by atoms with Crippen molar-refractivity contribution in [1.29, 1.82) is 0 Å². The third-order valence-electron chi connectivity index (χ3n) is 3.91. The summed E-state index contributed by atoms with van der Waals surface area (Å²) in [6, 6.07) is 0. The molecule has 0 aliphatic heterocycles. The van der Waals surface area contributed by atoms with Crippen LogP contribution in [0, 0.1) is 11.8 Å². The van der Waals surface area contributed by atoms with Crippen LogP contribution < -0.4 is 0 Å². The molecule has 0 spiro atoms. The van der Waals surface area contributed by atoms with Gasteiger partial charge in [-0.2, -0.15) is 0 Å². The maximum atomic E-state index is 11.9. The molecule has 0 radical (unpaired) electrons. The maximum Gasteiger partial charge on any atom is 0.136 e. The molecule has 1 nitrogen and oxygen atoms in total. The van der Waals surface area contributed by atoms with Crippen molar-refractivity contribution in [1.82, 2.24) is 0 Å². The molecule has 0 aromatic carbocycles. The number of ketones is 1. The Labute approximate surface area is 95.0 Å². The fourth-order valence-corrected chi connectivity index (χ4v) is 5.40. The second-order valence-electron chi connectivity index (χ2n) is 6.21. The summed E-state index contributed by atoms with van der Waals surface area (Å²) in [4.78, 5) is 11.9. The van der Waals surface area contributed by atoms with Crippen LogP contribution in [0.3, 0.4) is 0 Å². The van der Waals surface area contributed by atoms with E-state index in [0.29, 0.717) is 17.2 Å². The highest BCUT2D eigenvalue weighted by Crippen LogP contribution is 2.43. The van der Waals surface area contributed by atoms with Gasteiger partial charge < -0.3 is 0 Å². The molecule has 0 N–H and O–H groups in total. The maximum absolute atomic E-state index is 11.9. The summed E-state index contributed by atoms with van der Waals surface area (Å²) >= 11 is 0. The largest absolute Gasteiger partial charge is 0.299 e. The van der Waals surface area contributed by atoms with E-state index in [9.17, 15) is 4.79 Å². The van der Waals surface area contributed by atoms with Crippen molar-refractivity contribution in [3.8, 4) is 0 Å². The van der Waals surface area contributed by atoms with Gasteiger partial charge in [-0.15, -0.1) is 0 Å². The molecule has 0 bridgehead atoms. The average molecular weight is 224 g/mol. The van der Waals surface area contributed by atoms with Gasteiger partial charge in [-0.3, -0.25) is 4.79 Å². The van der Waals surface area contributed by atoms with Gasteiger partial charge in [0.25, 0.3) is 0 Å². The van der Waals surface area contributed by atoms with Crippen LogP contribution in [0.5, 0.6) is 0 Å². The van der Waals surface area contributed by atoms with E-state index in [-0.39, 0.29) is 5.92 Å². The summed E-state index contributed by atoms with van der Waals surface area (Å²) < 4.78 is 0. The molecule has 86 valence electrons. The minimum atomic E-state index is -1.21. The molecule has 1 saturated carbocycles. The third kappa shape index (κ3) is 2.80. The van der Waals surface area contributed by atoms with Gasteiger partial charge in [0.05, 0.1) is 0 Å². The number of carbonyl (C=O) groups excluding carboxylic acids is 1. The number of hydrogen-bond acceptors (Lipinski definition) is 1. The first-order valence-corrected chi connectivity index (χ1v) is 9.49. The van der Waals surface area contributed by atoms with Gasteiger partial charge in [0.15, 0.2) is 0 Å². The first-order chi connectivity index (χ1) is 6.73. The van der Waals surface area contributed by atoms with E-state index in [1.54, 1.807) is 0 Å². The highest BCUT2D eigenvalue weighted by Gasteiger charge is 2.40. The molecule has 15 heavy (non-hydrogen) atoms. The van der Waals surface area contributed by atoms with Crippen LogP contribution in [-0.2, 0) is 4.79 Å². The van der Waals surface area contributed by atoms with E-state index < -0.39 is 8.07 Å². The zero-order chi connectivity index (χ0) is 11.8. The number of rotatable bonds is 2. The molecule has 2 heteroatoms. The lowest BCUT2D eigenvalue weighted by atomic mass is 9.78. The first-order valence-electron chi connectivity index (χ1n) is 5.91. The van der Waals surface area contributed by atoms with Crippen LogP contribution in [0.25, 0.3) is 0 Å². The van der Waals surface area contributed by atoms with Crippen LogP contribution in [-0.4, -0.2) is 13.9 Å². The SMILES string of the molecule is C=C(C)[C@@H]1CC(=O)[C@H](C)[C@@H]([Si](C)(C)C)C1. The Morgan fingerprint density at radius 1 is 1.40 bits per heavy atom. The number of allylic oxidation sites excluding steroid dienone is 1. The van der Waals surface area contributed by atoms with Gasteiger partial charge >= 0.3 is 0 Å². The van der Waals surface area contributed by atoms with Crippen LogP contribution in [0.1, 0.15) is 26.7 Å². The van der Waals surface area contributed by atoms with Crippen LogP contribution in [0.15, 0.2) is 12.2 Å². The second-order valence-corrected chi connectivity index (χ2v) is 11.7. The third-order valence-corrected chi connectivity index (χ3v) is 6.87. The lowest BCUT2D eigenvalue weighted by Crippen LogP contribution is -2.40. The van der Waals surface area contributed by atoms with Crippen LogP contribution >= 0.6 is 0 Å². The monoisotopic (exact) mass is 224 g/mol. The Hall–Kier alpha value is -0.373. The van der Waals surface area contributed by atoms with Crippen LogP contribution in [0.4, 0.5) is 0 Å². The molecule has 1 rings (SSSR count). The Morgan fingerprint density at radius 2 is 1.93 bits per heavy atom. The van der Waals surface area contributed by atoms with Crippen molar-refractivity contribution in [3.63, 3.8) is 0 Å². The molecule has 0 aromatic heterocycles. The first kappa shape index (κ1) is 12.7. The molecule has 1 aliphatic carbocycles. The summed E-state index contributed by atoms with van der Waals surface area (Å²) in [7, 11) is -1.21. The molecule has 0 saturated heterocycles. The zero-order valence-corrected chi connectivity index (χ0v) is 11.8. The van der Waals surface area contributed by atoms with Gasteiger partial charge in [-0.25, -0.2) is 0 Å². The van der Waals surface area contributed by atoms with Crippen molar-refractivity contribution in [2.75, 3.05) is 0 Å². The minimum absolute atomic E-state index is 0.285. The summed E-state index contributed by atoms with van der Waals surface area (Å²) in [6.07, 6.45) is 1.93. The molecule has 0 amide bonds. The van der Waals surface area contributed by atoms with Crippen molar-refractivity contribution in [2.45, 2.75) is 51.9 Å².